The van der Waals surface area contributed by atoms with E-state index in [1.54, 1.807) is 0 Å². The van der Waals surface area contributed by atoms with Gasteiger partial charge in [-0.15, -0.1) is 0 Å². The van der Waals surface area contributed by atoms with E-state index in [-0.39, 0.29) is 0 Å². The third-order valence-corrected chi connectivity index (χ3v) is 14.1. The predicted octanol–water partition coefficient (Wildman–Crippen LogP) is 13.9. The fraction of sp³-hybridized carbons (Fsp3) is 0.185. The van der Waals surface area contributed by atoms with Crippen LogP contribution in [0.2, 0.25) is 0 Å². The molecule has 4 nitrogen and oxygen atoms in total. The number of benzene rings is 6. The van der Waals surface area contributed by atoms with Crippen molar-refractivity contribution in [3.8, 4) is 33.6 Å². The number of para-hydroxylation sites is 2. The first kappa shape index (κ1) is 33.6. The molecule has 4 unspecified atom stereocenters. The molecule has 0 spiro atoms. The normalized spacial score (nSPS) is 19.6. The van der Waals surface area contributed by atoms with Gasteiger partial charge >= 0.3 is 0 Å². The molecule has 6 aromatic carbocycles. The lowest BCUT2D eigenvalue weighted by atomic mass is 9.62. The summed E-state index contributed by atoms with van der Waals surface area (Å²) in [4.78, 5) is 9.13. The van der Waals surface area contributed by atoms with E-state index in [4.69, 9.17) is 0 Å². The molecule has 0 radical (unpaired) electrons. The Balaban J connectivity index is 1.23. The van der Waals surface area contributed by atoms with Gasteiger partial charge in [0, 0.05) is 63.6 Å². The number of hydrogen-bond acceptors (Lipinski definition) is 2. The van der Waals surface area contributed by atoms with Crippen molar-refractivity contribution in [2.75, 3.05) is 6.54 Å². The van der Waals surface area contributed by atoms with Crippen LogP contribution in [0.15, 0.2) is 145 Å². The lowest BCUT2D eigenvalue weighted by molar-refractivity contribution is 0.584. The van der Waals surface area contributed by atoms with Gasteiger partial charge in [0.2, 0.25) is 0 Å². The molecule has 0 amide bonds. The van der Waals surface area contributed by atoms with Crippen molar-refractivity contribution in [2.24, 2.45) is 4.99 Å². The first-order valence-electron chi connectivity index (χ1n) is 21.0. The number of hydrogen-bond donors (Lipinski definition) is 0. The van der Waals surface area contributed by atoms with Crippen molar-refractivity contribution in [1.82, 2.24) is 14.1 Å². The Hall–Kier alpha value is -6.52. The third-order valence-electron chi connectivity index (χ3n) is 14.1. The molecule has 0 bridgehead atoms. The minimum atomic E-state index is 0.294. The number of rotatable bonds is 4. The lowest BCUT2D eigenvalue weighted by Crippen LogP contribution is -2.24. The number of aliphatic imine (C=N–C) groups is 1. The summed E-state index contributed by atoms with van der Waals surface area (Å²) in [6.45, 7) is 10.8. The van der Waals surface area contributed by atoms with E-state index in [0.717, 1.165) is 18.5 Å². The molecule has 3 aromatic heterocycles. The first-order chi connectivity index (χ1) is 28.5. The van der Waals surface area contributed by atoms with Crippen LogP contribution in [0.5, 0.6) is 0 Å². The Morgan fingerprint density at radius 2 is 1.07 bits per heavy atom. The Morgan fingerprint density at radius 1 is 0.517 bits per heavy atom. The van der Waals surface area contributed by atoms with E-state index in [2.05, 4.69) is 174 Å². The van der Waals surface area contributed by atoms with Gasteiger partial charge in [-0.3, -0.25) is 9.98 Å². The molecule has 0 N–H and O–H groups in total. The molecule has 0 saturated heterocycles. The highest BCUT2D eigenvalue weighted by molar-refractivity contribution is 6.18. The van der Waals surface area contributed by atoms with E-state index < -0.39 is 0 Å². The van der Waals surface area contributed by atoms with Crippen LogP contribution in [0.4, 0.5) is 0 Å². The molecule has 2 aliphatic carbocycles. The van der Waals surface area contributed by atoms with E-state index in [0.29, 0.717) is 23.7 Å². The predicted molar refractivity (Wildman–Crippen MR) is 243 cm³/mol. The van der Waals surface area contributed by atoms with E-state index in [9.17, 15) is 0 Å². The van der Waals surface area contributed by atoms with Crippen molar-refractivity contribution in [3.05, 3.63) is 168 Å². The van der Waals surface area contributed by atoms with E-state index >= 15 is 0 Å². The van der Waals surface area contributed by atoms with Crippen LogP contribution in [0.1, 0.15) is 85.6 Å². The average Bonchev–Trinajstić information content (AvgIpc) is 3.79. The van der Waals surface area contributed by atoms with Crippen molar-refractivity contribution < 1.29 is 0 Å². The standard InChI is InChI=1S/C54H44N4/c1-31-33(3)49-52-42(28-46-44-26-36(38-14-12-24-56-30-38)20-22-48(44)57(53(46)49)39-15-7-5-8-16-39)32(2)34(4)50-51(52)41(31)27-45-43-25-35(37-13-11-23-55-29-37)19-21-47(43)58(54(45)50)40-17-9-6-10-18-40/h5-11,13-23,25-34H,12,24H2,1-4H3. The van der Waals surface area contributed by atoms with Crippen molar-refractivity contribution in [1.29, 1.82) is 0 Å². The quantitative estimate of drug-likeness (QED) is 0.176. The Morgan fingerprint density at radius 3 is 1.59 bits per heavy atom. The van der Waals surface area contributed by atoms with Gasteiger partial charge < -0.3 is 9.13 Å². The number of fused-ring (bicyclic) bond motifs is 8. The number of allylic oxidation sites excluding steroid dienone is 1. The fourth-order valence-electron chi connectivity index (χ4n) is 10.9. The number of dihydropyridines is 1. The van der Waals surface area contributed by atoms with Gasteiger partial charge in [0.15, 0.2) is 0 Å². The van der Waals surface area contributed by atoms with Crippen LogP contribution in [0.3, 0.4) is 0 Å². The van der Waals surface area contributed by atoms with Crippen molar-refractivity contribution >= 4 is 55.4 Å². The molecule has 4 heterocycles. The summed E-state index contributed by atoms with van der Waals surface area (Å²) in [5, 5.41) is 5.31. The zero-order valence-corrected chi connectivity index (χ0v) is 33.4. The monoisotopic (exact) mass is 748 g/mol. The van der Waals surface area contributed by atoms with Crippen molar-refractivity contribution in [3.63, 3.8) is 0 Å². The molecule has 3 aliphatic rings. The van der Waals surface area contributed by atoms with Gasteiger partial charge in [0.25, 0.3) is 0 Å². The summed E-state index contributed by atoms with van der Waals surface area (Å²) in [6.07, 6.45) is 9.23. The summed E-state index contributed by atoms with van der Waals surface area (Å²) < 4.78 is 5.14. The summed E-state index contributed by atoms with van der Waals surface area (Å²) in [5.74, 6) is 1.21. The molecule has 9 aromatic rings. The second-order valence-electron chi connectivity index (χ2n) is 17.0. The average molecular weight is 749 g/mol. The molecule has 0 saturated carbocycles. The first-order valence-corrected chi connectivity index (χ1v) is 21.0. The maximum absolute atomic E-state index is 4.66. The highest BCUT2D eigenvalue weighted by atomic mass is 15.0. The van der Waals surface area contributed by atoms with Crippen LogP contribution in [0, 0.1) is 0 Å². The summed E-state index contributed by atoms with van der Waals surface area (Å²) in [5.41, 5.74) is 21.3. The molecule has 280 valence electrons. The van der Waals surface area contributed by atoms with E-state index in [1.807, 2.05) is 18.5 Å². The van der Waals surface area contributed by atoms with Gasteiger partial charge in [-0.1, -0.05) is 88.4 Å². The summed E-state index contributed by atoms with van der Waals surface area (Å²) in [6, 6.07) is 45.5. The second-order valence-corrected chi connectivity index (χ2v) is 17.0. The smallest absolute Gasteiger partial charge is 0.0582 e. The minimum Gasteiger partial charge on any atom is -0.309 e. The zero-order valence-electron chi connectivity index (χ0n) is 33.4. The molecule has 1 aliphatic heterocycles. The Kier molecular flexibility index (Phi) is 7.24. The van der Waals surface area contributed by atoms with Crippen LogP contribution in [0.25, 0.3) is 82.8 Å². The molecule has 58 heavy (non-hydrogen) atoms. The number of pyridine rings is 1. The van der Waals surface area contributed by atoms with Gasteiger partial charge in [0.05, 0.1) is 22.1 Å². The van der Waals surface area contributed by atoms with Crippen LogP contribution < -0.4 is 0 Å². The Labute approximate surface area is 338 Å². The number of nitrogens with zero attached hydrogens (tertiary/aromatic N) is 4. The highest BCUT2D eigenvalue weighted by Crippen LogP contribution is 2.61. The summed E-state index contributed by atoms with van der Waals surface area (Å²) >= 11 is 0. The molecule has 4 heteroatoms. The van der Waals surface area contributed by atoms with Crippen molar-refractivity contribution in [2.45, 2.75) is 57.8 Å². The molecular formula is C54H44N4. The largest absolute Gasteiger partial charge is 0.309 e. The van der Waals surface area contributed by atoms with Crippen LogP contribution in [-0.2, 0) is 0 Å². The van der Waals surface area contributed by atoms with Crippen LogP contribution in [-0.4, -0.2) is 26.9 Å². The van der Waals surface area contributed by atoms with Gasteiger partial charge in [0.1, 0.15) is 0 Å². The molecule has 12 rings (SSSR count). The molecular weight excluding hydrogens is 705 g/mol. The van der Waals surface area contributed by atoms with E-state index in [1.165, 1.54) is 105 Å². The fourth-order valence-corrected chi connectivity index (χ4v) is 10.9. The SMILES string of the molecule is CC1c2cc3c4cc(-c5cccnc5)ccc4n(-c4ccccc4)c3c3c2-c2c(cc4c5cc(C6=CCCN=C6)ccc5n(-c5ccccc5)c4c2C1C)C(C)C3C. The van der Waals surface area contributed by atoms with Gasteiger partial charge in [-0.25, -0.2) is 0 Å². The second kappa shape index (κ2) is 12.5. The van der Waals surface area contributed by atoms with Gasteiger partial charge in [-0.2, -0.15) is 0 Å². The number of aromatic nitrogens is 3. The van der Waals surface area contributed by atoms with Gasteiger partial charge in [-0.05, 0) is 147 Å². The van der Waals surface area contributed by atoms with Crippen LogP contribution >= 0.6 is 0 Å². The summed E-state index contributed by atoms with van der Waals surface area (Å²) in [7, 11) is 0. The topological polar surface area (TPSA) is 35.1 Å². The highest BCUT2D eigenvalue weighted by Gasteiger charge is 2.42. The zero-order chi connectivity index (χ0) is 38.8. The maximum atomic E-state index is 4.66. The minimum absolute atomic E-state index is 0.294. The molecule has 0 fully saturated rings. The third kappa shape index (κ3) is 4.57. The molecule has 4 atom stereocenters. The lowest BCUT2D eigenvalue weighted by Gasteiger charge is -2.42. The Bertz CT molecular complexity index is 3220. The maximum Gasteiger partial charge on any atom is 0.0582 e.